The Balaban J connectivity index is 1.61. The molecule has 1 N–H and O–H groups in total. The second kappa shape index (κ2) is 10.7. The quantitative estimate of drug-likeness (QED) is 0.664. The molecule has 1 atom stereocenters. The van der Waals surface area contributed by atoms with Gasteiger partial charge in [-0.05, 0) is 43.2 Å². The maximum atomic E-state index is 13.8. The first-order chi connectivity index (χ1) is 16.0. The van der Waals surface area contributed by atoms with Gasteiger partial charge < -0.3 is 14.7 Å². The number of hydrogen-bond acceptors (Lipinski definition) is 4. The fourth-order valence-corrected chi connectivity index (χ4v) is 4.98. The molecule has 0 bridgehead atoms. The molecule has 0 aromatic heterocycles. The highest BCUT2D eigenvalue weighted by molar-refractivity contribution is 6.32. The zero-order chi connectivity index (χ0) is 23.4. The molecular formula is C24H27Cl2N3O4. The number of nitrogens with zero attached hydrogens (tertiary/aromatic N) is 3. The standard InChI is InChI=1S/C24H27Cl2N3O4/c25-17-5-7-19(8-6-17)29(24(31)32)22(20-3-1-2-4-21(20)26)23(30)28-11-9-18(10-12-28)27-13-15-33-16-14-27/h1-8,18,22H,9-16H2,(H,31,32). The summed E-state index contributed by atoms with van der Waals surface area (Å²) < 4.78 is 5.45. The van der Waals surface area contributed by atoms with Crippen LogP contribution in [0.2, 0.25) is 10.0 Å². The largest absolute Gasteiger partial charge is 0.465 e. The van der Waals surface area contributed by atoms with Gasteiger partial charge in [-0.15, -0.1) is 0 Å². The van der Waals surface area contributed by atoms with E-state index in [1.165, 1.54) is 0 Å². The predicted molar refractivity (Wildman–Crippen MR) is 128 cm³/mol. The van der Waals surface area contributed by atoms with Gasteiger partial charge in [-0.2, -0.15) is 0 Å². The van der Waals surface area contributed by atoms with E-state index in [2.05, 4.69) is 4.90 Å². The summed E-state index contributed by atoms with van der Waals surface area (Å²) in [4.78, 5) is 31.5. The van der Waals surface area contributed by atoms with Crippen LogP contribution in [0, 0.1) is 0 Å². The molecule has 2 saturated heterocycles. The minimum atomic E-state index is -1.24. The number of carboxylic acid groups (broad SMARTS) is 1. The minimum Gasteiger partial charge on any atom is -0.465 e. The molecule has 2 aromatic carbocycles. The molecule has 0 saturated carbocycles. The number of anilines is 1. The summed E-state index contributed by atoms with van der Waals surface area (Å²) in [6.07, 6.45) is 0.447. The van der Waals surface area contributed by atoms with Gasteiger partial charge in [-0.1, -0.05) is 41.4 Å². The van der Waals surface area contributed by atoms with Gasteiger partial charge in [0.15, 0.2) is 0 Å². The molecule has 2 amide bonds. The number of rotatable bonds is 5. The summed E-state index contributed by atoms with van der Waals surface area (Å²) in [7, 11) is 0. The van der Waals surface area contributed by atoms with E-state index in [-0.39, 0.29) is 5.91 Å². The maximum absolute atomic E-state index is 13.8. The lowest BCUT2D eigenvalue weighted by atomic mass is 9.98. The van der Waals surface area contributed by atoms with E-state index in [1.807, 2.05) is 0 Å². The summed E-state index contributed by atoms with van der Waals surface area (Å²) >= 11 is 12.5. The molecule has 176 valence electrons. The first-order valence-corrected chi connectivity index (χ1v) is 11.8. The van der Waals surface area contributed by atoms with Crippen molar-refractivity contribution in [2.24, 2.45) is 0 Å². The van der Waals surface area contributed by atoms with Gasteiger partial charge in [-0.3, -0.25) is 14.6 Å². The van der Waals surface area contributed by atoms with E-state index in [0.717, 1.165) is 44.0 Å². The molecule has 4 rings (SSSR count). The lowest BCUT2D eigenvalue weighted by Gasteiger charge is -2.41. The van der Waals surface area contributed by atoms with Crippen LogP contribution in [0.5, 0.6) is 0 Å². The molecule has 1 unspecified atom stereocenters. The van der Waals surface area contributed by atoms with Gasteiger partial charge in [-0.25, -0.2) is 4.79 Å². The Morgan fingerprint density at radius 2 is 1.61 bits per heavy atom. The van der Waals surface area contributed by atoms with Crippen molar-refractivity contribution in [1.82, 2.24) is 9.80 Å². The van der Waals surface area contributed by atoms with Crippen LogP contribution in [0.3, 0.4) is 0 Å². The first kappa shape index (κ1) is 23.8. The highest BCUT2D eigenvalue weighted by Crippen LogP contribution is 2.34. The van der Waals surface area contributed by atoms with Gasteiger partial charge in [0.1, 0.15) is 6.04 Å². The number of carbonyl (C=O) groups excluding carboxylic acids is 1. The third-order valence-electron chi connectivity index (χ3n) is 6.34. The second-order valence-corrected chi connectivity index (χ2v) is 9.10. The maximum Gasteiger partial charge on any atom is 0.412 e. The van der Waals surface area contributed by atoms with Gasteiger partial charge in [0.05, 0.1) is 13.2 Å². The minimum absolute atomic E-state index is 0.277. The van der Waals surface area contributed by atoms with Crippen molar-refractivity contribution in [2.75, 3.05) is 44.3 Å². The number of benzene rings is 2. The average molecular weight is 492 g/mol. The van der Waals surface area contributed by atoms with Gasteiger partial charge in [0, 0.05) is 53.5 Å². The number of amides is 2. The Hall–Kier alpha value is -2.32. The summed E-state index contributed by atoms with van der Waals surface area (Å²) in [6, 6.07) is 12.6. The number of ether oxygens (including phenoxy) is 1. The number of carbonyl (C=O) groups is 2. The van der Waals surface area contributed by atoms with Crippen LogP contribution in [0.1, 0.15) is 24.4 Å². The fourth-order valence-electron chi connectivity index (χ4n) is 4.62. The topological polar surface area (TPSA) is 73.3 Å². The monoisotopic (exact) mass is 491 g/mol. The van der Waals surface area contributed by atoms with Crippen molar-refractivity contribution in [2.45, 2.75) is 24.9 Å². The normalized spacial score (nSPS) is 18.7. The lowest BCUT2D eigenvalue weighted by molar-refractivity contribution is -0.134. The Labute approximate surface area is 203 Å². The van der Waals surface area contributed by atoms with Crippen molar-refractivity contribution >= 4 is 40.9 Å². The molecule has 2 fully saturated rings. The number of piperidine rings is 1. The van der Waals surface area contributed by atoms with Crippen LogP contribution in [0.15, 0.2) is 48.5 Å². The van der Waals surface area contributed by atoms with Crippen LogP contribution in [-0.2, 0) is 9.53 Å². The zero-order valence-electron chi connectivity index (χ0n) is 18.2. The second-order valence-electron chi connectivity index (χ2n) is 8.26. The Morgan fingerprint density at radius 3 is 2.21 bits per heavy atom. The van der Waals surface area contributed by atoms with Crippen molar-refractivity contribution in [1.29, 1.82) is 0 Å². The van der Waals surface area contributed by atoms with Gasteiger partial charge in [0.2, 0.25) is 0 Å². The van der Waals surface area contributed by atoms with E-state index in [9.17, 15) is 14.7 Å². The fraction of sp³-hybridized carbons (Fsp3) is 0.417. The molecule has 9 heteroatoms. The van der Waals surface area contributed by atoms with Gasteiger partial charge in [0.25, 0.3) is 5.91 Å². The highest BCUT2D eigenvalue weighted by atomic mass is 35.5. The summed E-state index contributed by atoms with van der Waals surface area (Å²) in [6.45, 7) is 4.42. The molecule has 0 radical (unpaired) electrons. The van der Waals surface area contributed by atoms with Crippen molar-refractivity contribution in [3.8, 4) is 0 Å². The summed E-state index contributed by atoms with van der Waals surface area (Å²) in [5.41, 5.74) is 0.810. The van der Waals surface area contributed by atoms with Crippen molar-refractivity contribution < 1.29 is 19.4 Å². The first-order valence-electron chi connectivity index (χ1n) is 11.1. The molecule has 0 aliphatic carbocycles. The van der Waals surface area contributed by atoms with E-state index in [1.54, 1.807) is 53.4 Å². The number of hydrogen-bond donors (Lipinski definition) is 1. The third kappa shape index (κ3) is 5.44. The van der Waals surface area contributed by atoms with E-state index < -0.39 is 12.1 Å². The molecule has 7 nitrogen and oxygen atoms in total. The Kier molecular flexibility index (Phi) is 7.75. The zero-order valence-corrected chi connectivity index (χ0v) is 19.7. The predicted octanol–water partition coefficient (Wildman–Crippen LogP) is 4.54. The van der Waals surface area contributed by atoms with E-state index >= 15 is 0 Å². The number of likely N-dealkylation sites (tertiary alicyclic amines) is 1. The molecule has 2 heterocycles. The third-order valence-corrected chi connectivity index (χ3v) is 6.94. The number of halogens is 2. The van der Waals surface area contributed by atoms with E-state index in [4.69, 9.17) is 27.9 Å². The van der Waals surface area contributed by atoms with Crippen LogP contribution in [0.25, 0.3) is 0 Å². The SMILES string of the molecule is O=C(C(c1ccccc1Cl)N(C(=O)O)c1ccc(Cl)cc1)N1CCC(N2CCOCC2)CC1. The Bertz CT molecular complexity index is 974. The van der Waals surface area contributed by atoms with Crippen molar-refractivity contribution in [3.05, 3.63) is 64.1 Å². The summed E-state index contributed by atoms with van der Waals surface area (Å²) in [5, 5.41) is 11.0. The molecule has 2 aliphatic rings. The van der Waals surface area contributed by atoms with Crippen LogP contribution < -0.4 is 4.90 Å². The molecule has 2 aliphatic heterocycles. The average Bonchev–Trinajstić information content (AvgIpc) is 2.84. The molecule has 2 aromatic rings. The molecular weight excluding hydrogens is 465 g/mol. The Morgan fingerprint density at radius 1 is 0.970 bits per heavy atom. The van der Waals surface area contributed by atoms with Gasteiger partial charge >= 0.3 is 6.09 Å². The molecule has 33 heavy (non-hydrogen) atoms. The number of morpholine rings is 1. The van der Waals surface area contributed by atoms with Crippen LogP contribution in [0.4, 0.5) is 10.5 Å². The van der Waals surface area contributed by atoms with E-state index in [0.29, 0.717) is 40.4 Å². The smallest absolute Gasteiger partial charge is 0.412 e. The summed E-state index contributed by atoms with van der Waals surface area (Å²) in [5.74, 6) is -0.277. The lowest BCUT2D eigenvalue weighted by Crippen LogP contribution is -2.52. The van der Waals surface area contributed by atoms with Crippen molar-refractivity contribution in [3.63, 3.8) is 0 Å². The van der Waals surface area contributed by atoms with Crippen LogP contribution >= 0.6 is 23.2 Å². The highest BCUT2D eigenvalue weighted by Gasteiger charge is 2.38. The van der Waals surface area contributed by atoms with Crippen LogP contribution in [-0.4, -0.2) is 72.3 Å². The molecule has 0 spiro atoms.